The molecular formula is C24H23F3N2O4. The Bertz CT molecular complexity index is 1080. The van der Waals surface area contributed by atoms with Crippen LogP contribution in [0.25, 0.3) is 0 Å². The molecule has 0 radical (unpaired) electrons. The highest BCUT2D eigenvalue weighted by molar-refractivity contribution is 6.21. The lowest BCUT2D eigenvalue weighted by Crippen LogP contribution is -2.34. The number of Topliss-reactive ketones (excluding diaryl/α,β-unsaturated/α-hetero) is 1. The molecule has 1 unspecified atom stereocenters. The van der Waals surface area contributed by atoms with Gasteiger partial charge in [-0.1, -0.05) is 30.3 Å². The van der Waals surface area contributed by atoms with Crippen molar-refractivity contribution in [3.8, 4) is 0 Å². The van der Waals surface area contributed by atoms with Crippen LogP contribution < -0.4 is 4.90 Å². The molecule has 174 valence electrons. The fourth-order valence-electron chi connectivity index (χ4n) is 3.24. The predicted octanol–water partition coefficient (Wildman–Crippen LogP) is 4.25. The number of hydrogen-bond donors (Lipinski definition) is 0. The van der Waals surface area contributed by atoms with E-state index in [1.54, 1.807) is 30.3 Å². The molecule has 2 aromatic carbocycles. The van der Waals surface area contributed by atoms with Gasteiger partial charge in [0.25, 0.3) is 0 Å². The van der Waals surface area contributed by atoms with Crippen molar-refractivity contribution in [3.05, 3.63) is 65.0 Å². The minimum absolute atomic E-state index is 0.0550. The maximum absolute atomic E-state index is 15.0. The number of hydrogen-bond acceptors (Lipinski definition) is 5. The van der Waals surface area contributed by atoms with Gasteiger partial charge in [0.15, 0.2) is 23.3 Å². The minimum Gasteiger partial charge on any atom is -0.465 e. The number of carbonyl (C=O) groups excluding carboxylic acids is 3. The van der Waals surface area contributed by atoms with E-state index >= 15 is 4.39 Å². The summed E-state index contributed by atoms with van der Waals surface area (Å²) < 4.78 is 49.1. The van der Waals surface area contributed by atoms with Crippen molar-refractivity contribution in [2.45, 2.75) is 39.3 Å². The van der Waals surface area contributed by atoms with Gasteiger partial charge in [-0.15, -0.1) is 0 Å². The second-order valence-corrected chi connectivity index (χ2v) is 7.59. The number of aliphatic imine (C=N–C) groups is 1. The Labute approximate surface area is 189 Å². The Kier molecular flexibility index (Phi) is 7.63. The van der Waals surface area contributed by atoms with E-state index < -0.39 is 52.3 Å². The first-order chi connectivity index (χ1) is 15.7. The zero-order valence-corrected chi connectivity index (χ0v) is 18.2. The standard InChI is InChI=1S/C24H23F3N2O4/c1-3-33-24(32)17(12-28-16-9-10-16)23(31)20-18(25)11-19(26)21(27)22(20)29(14(2)30)13-15-7-5-4-6-8-15/h4-8,11-12,16-17H,3,9-10,13H2,1-2H3. The van der Waals surface area contributed by atoms with Crippen LogP contribution in [0, 0.1) is 23.4 Å². The van der Waals surface area contributed by atoms with E-state index in [-0.39, 0.29) is 25.3 Å². The maximum Gasteiger partial charge on any atom is 0.322 e. The van der Waals surface area contributed by atoms with Crippen LogP contribution >= 0.6 is 0 Å². The monoisotopic (exact) mass is 460 g/mol. The van der Waals surface area contributed by atoms with Crippen LogP contribution in [0.15, 0.2) is 41.4 Å². The fourth-order valence-corrected chi connectivity index (χ4v) is 3.24. The summed E-state index contributed by atoms with van der Waals surface area (Å²) in [6.45, 7) is 2.30. The van der Waals surface area contributed by atoms with Crippen molar-refractivity contribution < 1.29 is 32.3 Å². The fraction of sp³-hybridized carbons (Fsp3) is 0.333. The van der Waals surface area contributed by atoms with Crippen molar-refractivity contribution in [2.75, 3.05) is 11.5 Å². The number of halogens is 3. The van der Waals surface area contributed by atoms with Crippen LogP contribution in [-0.2, 0) is 20.9 Å². The quantitative estimate of drug-likeness (QED) is 0.184. The van der Waals surface area contributed by atoms with Gasteiger partial charge in [-0.3, -0.25) is 19.4 Å². The number of rotatable bonds is 9. The van der Waals surface area contributed by atoms with E-state index in [0.29, 0.717) is 5.56 Å². The zero-order chi connectivity index (χ0) is 24.1. The van der Waals surface area contributed by atoms with E-state index in [4.69, 9.17) is 4.74 Å². The molecule has 1 fully saturated rings. The number of ether oxygens (including phenoxy) is 1. The molecule has 0 aromatic heterocycles. The molecule has 0 aliphatic heterocycles. The lowest BCUT2D eigenvalue weighted by molar-refractivity contribution is -0.144. The number of carbonyl (C=O) groups is 3. The molecule has 0 heterocycles. The van der Waals surface area contributed by atoms with Gasteiger partial charge < -0.3 is 9.64 Å². The molecular weight excluding hydrogens is 437 g/mol. The molecule has 1 amide bonds. The zero-order valence-electron chi connectivity index (χ0n) is 18.2. The highest BCUT2D eigenvalue weighted by atomic mass is 19.2. The Morgan fingerprint density at radius 1 is 1.15 bits per heavy atom. The van der Waals surface area contributed by atoms with E-state index in [0.717, 1.165) is 30.9 Å². The number of benzene rings is 2. The summed E-state index contributed by atoms with van der Waals surface area (Å²) in [4.78, 5) is 43.1. The Morgan fingerprint density at radius 2 is 1.82 bits per heavy atom. The van der Waals surface area contributed by atoms with Gasteiger partial charge in [-0.25, -0.2) is 13.2 Å². The van der Waals surface area contributed by atoms with Crippen LogP contribution in [0.2, 0.25) is 0 Å². The molecule has 1 saturated carbocycles. The third-order valence-corrected chi connectivity index (χ3v) is 5.04. The summed E-state index contributed by atoms with van der Waals surface area (Å²) in [5.74, 6) is -9.15. The second-order valence-electron chi connectivity index (χ2n) is 7.59. The topological polar surface area (TPSA) is 76.0 Å². The van der Waals surface area contributed by atoms with Crippen molar-refractivity contribution in [3.63, 3.8) is 0 Å². The third-order valence-electron chi connectivity index (χ3n) is 5.04. The van der Waals surface area contributed by atoms with Gasteiger partial charge in [0.1, 0.15) is 5.82 Å². The first kappa shape index (κ1) is 24.2. The molecule has 1 aliphatic rings. The summed E-state index contributed by atoms with van der Waals surface area (Å²) in [6, 6.07) is 8.50. The number of anilines is 1. The van der Waals surface area contributed by atoms with Crippen LogP contribution in [0.3, 0.4) is 0 Å². The van der Waals surface area contributed by atoms with Crippen molar-refractivity contribution in [2.24, 2.45) is 10.9 Å². The number of ketones is 1. The van der Waals surface area contributed by atoms with Gasteiger partial charge >= 0.3 is 5.97 Å². The molecule has 0 spiro atoms. The van der Waals surface area contributed by atoms with Crippen molar-refractivity contribution >= 4 is 29.6 Å². The summed E-state index contributed by atoms with van der Waals surface area (Å²) in [5.41, 5.74) is -1.25. The van der Waals surface area contributed by atoms with E-state index in [1.165, 1.54) is 6.92 Å². The smallest absolute Gasteiger partial charge is 0.322 e. The highest BCUT2D eigenvalue weighted by Gasteiger charge is 2.36. The second kappa shape index (κ2) is 10.4. The first-order valence-corrected chi connectivity index (χ1v) is 10.5. The summed E-state index contributed by atoms with van der Waals surface area (Å²) >= 11 is 0. The molecule has 3 rings (SSSR count). The van der Waals surface area contributed by atoms with E-state index in [1.807, 2.05) is 0 Å². The third kappa shape index (κ3) is 5.66. The van der Waals surface area contributed by atoms with Crippen molar-refractivity contribution in [1.82, 2.24) is 0 Å². The first-order valence-electron chi connectivity index (χ1n) is 10.5. The van der Waals surface area contributed by atoms with Gasteiger partial charge in [0.05, 0.1) is 24.4 Å². The Morgan fingerprint density at radius 3 is 2.39 bits per heavy atom. The average Bonchev–Trinajstić information content (AvgIpc) is 3.60. The van der Waals surface area contributed by atoms with Gasteiger partial charge in [0, 0.05) is 25.2 Å². The average molecular weight is 460 g/mol. The number of nitrogens with zero attached hydrogens (tertiary/aromatic N) is 2. The molecule has 6 nitrogen and oxygen atoms in total. The van der Waals surface area contributed by atoms with Crippen LogP contribution in [0.5, 0.6) is 0 Å². The molecule has 2 aromatic rings. The maximum atomic E-state index is 15.0. The lowest BCUT2D eigenvalue weighted by atomic mass is 9.95. The van der Waals surface area contributed by atoms with Crippen LogP contribution in [-0.4, -0.2) is 36.5 Å². The lowest BCUT2D eigenvalue weighted by Gasteiger charge is -2.25. The van der Waals surface area contributed by atoms with E-state index in [9.17, 15) is 23.2 Å². The Balaban J connectivity index is 2.13. The largest absolute Gasteiger partial charge is 0.465 e. The molecule has 0 N–H and O–H groups in total. The van der Waals surface area contributed by atoms with Crippen LogP contribution in [0.1, 0.15) is 42.6 Å². The van der Waals surface area contributed by atoms with Crippen molar-refractivity contribution in [1.29, 1.82) is 0 Å². The molecule has 33 heavy (non-hydrogen) atoms. The molecule has 0 bridgehead atoms. The predicted molar refractivity (Wildman–Crippen MR) is 116 cm³/mol. The minimum atomic E-state index is -1.67. The van der Waals surface area contributed by atoms with Crippen LogP contribution in [0.4, 0.5) is 18.9 Å². The number of esters is 1. The van der Waals surface area contributed by atoms with Gasteiger partial charge in [-0.05, 0) is 25.3 Å². The summed E-state index contributed by atoms with van der Waals surface area (Å²) in [5, 5.41) is 0. The molecule has 1 aliphatic carbocycles. The molecule has 9 heteroatoms. The molecule has 1 atom stereocenters. The summed E-state index contributed by atoms with van der Waals surface area (Å²) in [6.07, 6.45) is 2.61. The van der Waals surface area contributed by atoms with Gasteiger partial charge in [-0.2, -0.15) is 0 Å². The normalized spacial score (nSPS) is 14.2. The molecule has 0 saturated heterocycles. The van der Waals surface area contributed by atoms with Gasteiger partial charge in [0.2, 0.25) is 5.91 Å². The highest BCUT2D eigenvalue weighted by Crippen LogP contribution is 2.33. The summed E-state index contributed by atoms with van der Waals surface area (Å²) in [7, 11) is 0. The number of amides is 1. The SMILES string of the molecule is CCOC(=O)C(C=NC1CC1)C(=O)c1c(F)cc(F)c(F)c1N(Cc1ccccc1)C(C)=O. The Hall–Kier alpha value is -3.49. The van der Waals surface area contributed by atoms with E-state index in [2.05, 4.69) is 4.99 Å².